The first-order chi connectivity index (χ1) is 9.95. The number of rotatable bonds is 4. The minimum atomic E-state index is -0.625. The Bertz CT molecular complexity index is 705. The Morgan fingerprint density at radius 2 is 2.00 bits per heavy atom. The average molecular weight is 288 g/mol. The smallest absolute Gasteiger partial charge is 0.350 e. The molecule has 0 bridgehead atoms. The van der Waals surface area contributed by atoms with Gasteiger partial charge in [0.1, 0.15) is 0 Å². The molecule has 2 aromatic rings. The third kappa shape index (κ3) is 3.98. The van der Waals surface area contributed by atoms with Gasteiger partial charge in [-0.1, -0.05) is 29.8 Å². The van der Waals surface area contributed by atoms with Crippen molar-refractivity contribution in [2.45, 2.75) is 13.5 Å². The average Bonchev–Trinajstić information content (AvgIpc) is 2.43. The summed E-state index contributed by atoms with van der Waals surface area (Å²) in [6.07, 6.45) is 2.53. The molecule has 1 aromatic heterocycles. The molecule has 0 aliphatic carbocycles. The van der Waals surface area contributed by atoms with Crippen LogP contribution in [0.2, 0.25) is 0 Å². The largest absolute Gasteiger partial charge is 0.369 e. The summed E-state index contributed by atoms with van der Waals surface area (Å²) in [7, 11) is 3.50. The van der Waals surface area contributed by atoms with Gasteiger partial charge in [0.15, 0.2) is 11.6 Å². The second-order valence-electron chi connectivity index (χ2n) is 5.02. The zero-order valence-electron chi connectivity index (χ0n) is 12.2. The van der Waals surface area contributed by atoms with Crippen LogP contribution in [0.4, 0.5) is 10.2 Å². The fraction of sp³-hybridized carbons (Fsp3) is 0.267. The highest BCUT2D eigenvalue weighted by Gasteiger charge is 2.07. The maximum Gasteiger partial charge on any atom is 0.350 e. The topological polar surface area (TPSA) is 50.5 Å². The summed E-state index contributed by atoms with van der Waals surface area (Å²) in [5.41, 5.74) is 1.51. The lowest BCUT2D eigenvalue weighted by molar-refractivity contribution is 0.581. The Morgan fingerprint density at radius 1 is 1.33 bits per heavy atom. The van der Waals surface area contributed by atoms with Crippen molar-refractivity contribution in [2.24, 2.45) is 4.99 Å². The van der Waals surface area contributed by atoms with Crippen LogP contribution >= 0.6 is 0 Å². The molecule has 0 saturated heterocycles. The lowest BCUT2D eigenvalue weighted by atomic mass is 10.1. The molecule has 6 heteroatoms. The molecule has 0 aliphatic rings. The molecule has 2 rings (SSSR count). The molecule has 1 aromatic carbocycles. The SMILES string of the molecule is Cc1ccc(Cn2cc(F)c(/N=C\N(C)C)nc2=O)cc1. The molecule has 0 unspecified atom stereocenters. The monoisotopic (exact) mass is 288 g/mol. The van der Waals surface area contributed by atoms with Gasteiger partial charge in [0.2, 0.25) is 0 Å². The maximum atomic E-state index is 13.9. The van der Waals surface area contributed by atoms with Crippen LogP contribution in [0.3, 0.4) is 0 Å². The second kappa shape index (κ2) is 6.30. The summed E-state index contributed by atoms with van der Waals surface area (Å²) < 4.78 is 15.1. The van der Waals surface area contributed by atoms with Gasteiger partial charge in [-0.3, -0.25) is 4.57 Å². The molecule has 1 heterocycles. The lowest BCUT2D eigenvalue weighted by Crippen LogP contribution is -2.23. The summed E-state index contributed by atoms with van der Waals surface area (Å²) in [5, 5.41) is 0. The molecule has 0 amide bonds. The Balaban J connectivity index is 2.28. The minimum Gasteiger partial charge on any atom is -0.369 e. The molecular weight excluding hydrogens is 271 g/mol. The highest BCUT2D eigenvalue weighted by molar-refractivity contribution is 5.58. The molecule has 0 saturated carbocycles. The number of aromatic nitrogens is 2. The highest BCUT2D eigenvalue weighted by atomic mass is 19.1. The number of benzene rings is 1. The van der Waals surface area contributed by atoms with E-state index in [0.29, 0.717) is 0 Å². The van der Waals surface area contributed by atoms with E-state index in [4.69, 9.17) is 0 Å². The maximum absolute atomic E-state index is 13.9. The van der Waals surface area contributed by atoms with Gasteiger partial charge in [-0.15, -0.1) is 0 Å². The molecule has 21 heavy (non-hydrogen) atoms. The van der Waals surface area contributed by atoms with Crippen molar-refractivity contribution in [1.29, 1.82) is 0 Å². The molecule has 5 nitrogen and oxygen atoms in total. The van der Waals surface area contributed by atoms with Crippen LogP contribution < -0.4 is 5.69 Å². The number of nitrogens with zero attached hydrogens (tertiary/aromatic N) is 4. The zero-order valence-corrected chi connectivity index (χ0v) is 12.2. The van der Waals surface area contributed by atoms with E-state index < -0.39 is 11.5 Å². The van der Waals surface area contributed by atoms with Crippen LogP contribution in [-0.4, -0.2) is 34.9 Å². The minimum absolute atomic E-state index is 0.200. The van der Waals surface area contributed by atoms with E-state index in [9.17, 15) is 9.18 Å². The predicted molar refractivity (Wildman–Crippen MR) is 80.6 cm³/mol. The summed E-state index contributed by atoms with van der Waals surface area (Å²) in [6, 6.07) is 7.69. The number of aliphatic imine (C=N–C) groups is 1. The summed E-state index contributed by atoms with van der Waals surface area (Å²) in [5.74, 6) is -0.825. The van der Waals surface area contributed by atoms with Crippen molar-refractivity contribution in [3.63, 3.8) is 0 Å². The molecule has 0 aliphatic heterocycles. The predicted octanol–water partition coefficient (Wildman–Crippen LogP) is 1.96. The highest BCUT2D eigenvalue weighted by Crippen LogP contribution is 2.11. The molecule has 110 valence electrons. The Morgan fingerprint density at radius 3 is 2.62 bits per heavy atom. The van der Waals surface area contributed by atoms with E-state index in [1.807, 2.05) is 31.2 Å². The van der Waals surface area contributed by atoms with Gasteiger partial charge < -0.3 is 4.90 Å². The van der Waals surface area contributed by atoms with Crippen molar-refractivity contribution in [3.8, 4) is 0 Å². The van der Waals surface area contributed by atoms with Crippen LogP contribution in [-0.2, 0) is 6.54 Å². The first kappa shape index (κ1) is 14.9. The van der Waals surface area contributed by atoms with Crippen LogP contribution in [0.25, 0.3) is 0 Å². The van der Waals surface area contributed by atoms with Crippen molar-refractivity contribution in [1.82, 2.24) is 14.5 Å². The van der Waals surface area contributed by atoms with Crippen molar-refractivity contribution < 1.29 is 4.39 Å². The Labute approximate surface area is 122 Å². The summed E-state index contributed by atoms with van der Waals surface area (Å²) in [6.45, 7) is 2.26. The van der Waals surface area contributed by atoms with Crippen molar-refractivity contribution in [2.75, 3.05) is 14.1 Å². The van der Waals surface area contributed by atoms with Gasteiger partial charge in [-0.25, -0.2) is 14.2 Å². The molecular formula is C15H17FN4O. The Hall–Kier alpha value is -2.50. The second-order valence-corrected chi connectivity index (χ2v) is 5.02. The number of aryl methyl sites for hydroxylation is 1. The standard InChI is InChI=1S/C15H17FN4O/c1-11-4-6-12(7-5-11)8-20-9-13(16)14(18-15(20)21)17-10-19(2)3/h4-7,9-10H,8H2,1-3H3/b17-10-. The van der Waals surface area contributed by atoms with Crippen LogP contribution in [0.15, 0.2) is 40.2 Å². The van der Waals surface area contributed by atoms with Crippen LogP contribution in [0, 0.1) is 12.7 Å². The third-order valence-electron chi connectivity index (χ3n) is 2.81. The van der Waals surface area contributed by atoms with Gasteiger partial charge in [0.05, 0.1) is 12.9 Å². The van der Waals surface area contributed by atoms with E-state index in [1.54, 1.807) is 19.0 Å². The number of hydrogen-bond donors (Lipinski definition) is 0. The van der Waals surface area contributed by atoms with E-state index in [0.717, 1.165) is 17.3 Å². The van der Waals surface area contributed by atoms with Crippen LogP contribution in [0.1, 0.15) is 11.1 Å². The fourth-order valence-corrected chi connectivity index (χ4v) is 1.72. The molecule has 0 spiro atoms. The van der Waals surface area contributed by atoms with Gasteiger partial charge in [0.25, 0.3) is 0 Å². The van der Waals surface area contributed by atoms with E-state index >= 15 is 0 Å². The summed E-state index contributed by atoms with van der Waals surface area (Å²) in [4.78, 5) is 21.0. The molecule has 0 atom stereocenters. The van der Waals surface area contributed by atoms with Gasteiger partial charge >= 0.3 is 5.69 Å². The van der Waals surface area contributed by atoms with E-state index in [2.05, 4.69) is 9.98 Å². The van der Waals surface area contributed by atoms with Gasteiger partial charge in [-0.05, 0) is 12.5 Å². The molecule has 0 fully saturated rings. The lowest BCUT2D eigenvalue weighted by Gasteiger charge is -2.07. The first-order valence-electron chi connectivity index (χ1n) is 6.49. The number of halogens is 1. The molecule has 0 radical (unpaired) electrons. The van der Waals surface area contributed by atoms with Crippen molar-refractivity contribution >= 4 is 12.2 Å². The third-order valence-corrected chi connectivity index (χ3v) is 2.81. The number of hydrogen-bond acceptors (Lipinski definition) is 3. The Kier molecular flexibility index (Phi) is 4.47. The van der Waals surface area contributed by atoms with Crippen molar-refractivity contribution in [3.05, 3.63) is 57.9 Å². The fourth-order valence-electron chi connectivity index (χ4n) is 1.72. The quantitative estimate of drug-likeness (QED) is 0.638. The van der Waals surface area contributed by atoms with Crippen LogP contribution in [0.5, 0.6) is 0 Å². The van der Waals surface area contributed by atoms with E-state index in [-0.39, 0.29) is 12.4 Å². The van der Waals surface area contributed by atoms with E-state index in [1.165, 1.54) is 10.9 Å². The first-order valence-corrected chi connectivity index (χ1v) is 6.49. The summed E-state index contributed by atoms with van der Waals surface area (Å²) >= 11 is 0. The normalized spacial score (nSPS) is 11.0. The molecule has 0 N–H and O–H groups in total. The zero-order chi connectivity index (χ0) is 15.4. The van der Waals surface area contributed by atoms with Gasteiger partial charge in [0, 0.05) is 20.3 Å². The van der Waals surface area contributed by atoms with Gasteiger partial charge in [-0.2, -0.15) is 4.98 Å².